The molecule has 2 aliphatic heterocycles. The summed E-state index contributed by atoms with van der Waals surface area (Å²) in [7, 11) is -2.15. The summed E-state index contributed by atoms with van der Waals surface area (Å²) in [6.07, 6.45) is 5.34. The van der Waals surface area contributed by atoms with Gasteiger partial charge in [-0.15, -0.1) is 0 Å². The van der Waals surface area contributed by atoms with E-state index in [0.29, 0.717) is 53.0 Å². The Morgan fingerprint density at radius 2 is 1.95 bits per heavy atom. The summed E-state index contributed by atoms with van der Waals surface area (Å²) in [5.41, 5.74) is 1.15. The Morgan fingerprint density at radius 3 is 2.67 bits per heavy atom. The van der Waals surface area contributed by atoms with Crippen LogP contribution in [-0.2, 0) is 14.8 Å². The van der Waals surface area contributed by atoms with Gasteiger partial charge < -0.3 is 25.1 Å². The van der Waals surface area contributed by atoms with Gasteiger partial charge in [0.2, 0.25) is 16.0 Å². The molecule has 0 aliphatic carbocycles. The molecule has 212 valence electrons. The van der Waals surface area contributed by atoms with Crippen molar-refractivity contribution in [3.05, 3.63) is 29.4 Å². The summed E-state index contributed by atoms with van der Waals surface area (Å²) in [4.78, 5) is 14.9. The first kappa shape index (κ1) is 27.9. The topological polar surface area (TPSA) is 125 Å². The number of methoxy groups -OCH3 is 1. The van der Waals surface area contributed by atoms with Crippen molar-refractivity contribution in [3.8, 4) is 5.75 Å². The van der Waals surface area contributed by atoms with Gasteiger partial charge in [0, 0.05) is 51.0 Å². The third-order valence-electron chi connectivity index (χ3n) is 7.35. The van der Waals surface area contributed by atoms with Crippen LogP contribution in [-0.4, -0.2) is 91.7 Å². The van der Waals surface area contributed by atoms with Gasteiger partial charge in [0.1, 0.15) is 17.2 Å². The Balaban J connectivity index is 1.32. The minimum absolute atomic E-state index is 0.198. The van der Waals surface area contributed by atoms with Gasteiger partial charge in [0.15, 0.2) is 0 Å². The van der Waals surface area contributed by atoms with Crippen LogP contribution >= 0.6 is 11.6 Å². The number of unbranched alkanes of at least 4 members (excludes halogenated alkanes) is 1. The molecular formula is C26H36ClN7O4S. The molecule has 2 aliphatic rings. The average Bonchev–Trinajstić information content (AvgIpc) is 3.34. The molecule has 11 nitrogen and oxygen atoms in total. The highest BCUT2D eigenvalue weighted by molar-refractivity contribution is 7.89. The quantitative estimate of drug-likeness (QED) is 0.306. The Labute approximate surface area is 234 Å². The third kappa shape index (κ3) is 6.09. The number of H-pyrrole nitrogens is 1. The highest BCUT2D eigenvalue weighted by Gasteiger charge is 2.32. The van der Waals surface area contributed by atoms with E-state index in [1.54, 1.807) is 28.7 Å². The van der Waals surface area contributed by atoms with Gasteiger partial charge in [-0.05, 0) is 31.4 Å². The molecule has 2 saturated heterocycles. The van der Waals surface area contributed by atoms with Crippen molar-refractivity contribution < 1.29 is 17.9 Å². The number of ether oxygens (including phenoxy) is 2. The summed E-state index contributed by atoms with van der Waals surface area (Å²) in [6, 6.07) is 5.23. The average molecular weight is 578 g/mol. The molecule has 3 aromatic rings. The number of fused-ring (bicyclic) bond motifs is 1. The Morgan fingerprint density at radius 1 is 1.18 bits per heavy atom. The predicted molar refractivity (Wildman–Crippen MR) is 153 cm³/mol. The number of halogens is 1. The number of hydrogen-bond donors (Lipinski definition) is 3. The normalized spacial score (nSPS) is 17.9. The van der Waals surface area contributed by atoms with E-state index in [1.165, 1.54) is 7.11 Å². The van der Waals surface area contributed by atoms with Crippen LogP contribution in [0, 0.1) is 0 Å². The molecule has 13 heteroatoms. The summed E-state index contributed by atoms with van der Waals surface area (Å²) in [5, 5.41) is 7.78. The molecule has 0 amide bonds. The van der Waals surface area contributed by atoms with Crippen molar-refractivity contribution in [2.24, 2.45) is 0 Å². The molecule has 0 atom stereocenters. The van der Waals surface area contributed by atoms with E-state index in [2.05, 4.69) is 37.4 Å². The standard InChI is InChI=1S/C26H36ClN7O4S/c1-3-4-9-28-24-23-20(27)17-29-25(23)32-26(31-24)30-21-6-5-19(16-22(21)37-2)39(35,36)34-10-7-18(8-11-34)33-12-14-38-15-13-33/h5-6,16-18H,3-4,7-15H2,1-2H3,(H3,28,29,30,31,32). The lowest BCUT2D eigenvalue weighted by molar-refractivity contribution is 0.00610. The first-order valence-electron chi connectivity index (χ1n) is 13.5. The highest BCUT2D eigenvalue weighted by atomic mass is 35.5. The van der Waals surface area contributed by atoms with E-state index >= 15 is 0 Å². The molecule has 2 aromatic heterocycles. The molecule has 0 unspecified atom stereocenters. The van der Waals surface area contributed by atoms with E-state index in [4.69, 9.17) is 21.1 Å². The summed E-state index contributed by atoms with van der Waals surface area (Å²) in [5.74, 6) is 1.34. The van der Waals surface area contributed by atoms with Crippen molar-refractivity contribution in [3.63, 3.8) is 0 Å². The molecule has 2 fully saturated rings. The number of aromatic nitrogens is 3. The lowest BCUT2D eigenvalue weighted by Gasteiger charge is -2.39. The number of anilines is 3. The number of nitrogens with zero attached hydrogens (tertiary/aromatic N) is 4. The lowest BCUT2D eigenvalue weighted by Crippen LogP contribution is -2.50. The molecule has 4 heterocycles. The highest BCUT2D eigenvalue weighted by Crippen LogP contribution is 2.34. The van der Waals surface area contributed by atoms with Crippen molar-refractivity contribution in [1.82, 2.24) is 24.2 Å². The summed E-state index contributed by atoms with van der Waals surface area (Å²) >= 11 is 6.36. The largest absolute Gasteiger partial charge is 0.495 e. The van der Waals surface area contributed by atoms with Crippen LogP contribution in [0.3, 0.4) is 0 Å². The maximum atomic E-state index is 13.5. The van der Waals surface area contributed by atoms with E-state index in [1.807, 2.05) is 0 Å². The van der Waals surface area contributed by atoms with Crippen LogP contribution in [0.2, 0.25) is 5.02 Å². The van der Waals surface area contributed by atoms with Gasteiger partial charge in [-0.3, -0.25) is 4.90 Å². The number of aromatic amines is 1. The first-order chi connectivity index (χ1) is 18.9. The van der Waals surface area contributed by atoms with Crippen LogP contribution in [0.25, 0.3) is 11.0 Å². The Kier molecular flexibility index (Phi) is 8.77. The predicted octanol–water partition coefficient (Wildman–Crippen LogP) is 4.06. The van der Waals surface area contributed by atoms with Crippen molar-refractivity contribution in [2.45, 2.75) is 43.5 Å². The number of benzene rings is 1. The maximum Gasteiger partial charge on any atom is 0.243 e. The fourth-order valence-electron chi connectivity index (χ4n) is 5.16. The van der Waals surface area contributed by atoms with Crippen LogP contribution in [0.5, 0.6) is 5.75 Å². The van der Waals surface area contributed by atoms with Crippen LogP contribution in [0.4, 0.5) is 17.5 Å². The minimum Gasteiger partial charge on any atom is -0.495 e. The number of piperidine rings is 1. The molecule has 0 saturated carbocycles. The van der Waals surface area contributed by atoms with Crippen LogP contribution in [0.15, 0.2) is 29.3 Å². The fraction of sp³-hybridized carbons (Fsp3) is 0.538. The molecule has 39 heavy (non-hydrogen) atoms. The monoisotopic (exact) mass is 577 g/mol. The van der Waals surface area contributed by atoms with E-state index in [-0.39, 0.29) is 4.90 Å². The van der Waals surface area contributed by atoms with E-state index in [9.17, 15) is 8.42 Å². The molecule has 1 aromatic carbocycles. The van der Waals surface area contributed by atoms with E-state index < -0.39 is 10.0 Å². The minimum atomic E-state index is -3.66. The van der Waals surface area contributed by atoms with Crippen molar-refractivity contribution >= 4 is 50.1 Å². The molecule has 0 radical (unpaired) electrons. The number of morpholine rings is 1. The zero-order valence-corrected chi connectivity index (χ0v) is 23.9. The van der Waals surface area contributed by atoms with Gasteiger partial charge in [0.05, 0.1) is 41.3 Å². The number of rotatable bonds is 10. The summed E-state index contributed by atoms with van der Waals surface area (Å²) in [6.45, 7) is 7.17. The lowest BCUT2D eigenvalue weighted by atomic mass is 10.0. The zero-order chi connectivity index (χ0) is 27.4. The van der Waals surface area contributed by atoms with Crippen molar-refractivity contribution in [1.29, 1.82) is 0 Å². The third-order valence-corrected chi connectivity index (χ3v) is 9.54. The molecule has 0 bridgehead atoms. The Bertz CT molecular complexity index is 1390. The second-order valence-corrected chi connectivity index (χ2v) is 12.2. The second kappa shape index (κ2) is 12.3. The van der Waals surface area contributed by atoms with Gasteiger partial charge in [-0.25, -0.2) is 8.42 Å². The molecular weight excluding hydrogens is 542 g/mol. The van der Waals surface area contributed by atoms with Gasteiger partial charge in [0.25, 0.3) is 0 Å². The van der Waals surface area contributed by atoms with Gasteiger partial charge >= 0.3 is 0 Å². The molecule has 5 rings (SSSR count). The van der Waals surface area contributed by atoms with Crippen LogP contribution < -0.4 is 15.4 Å². The smallest absolute Gasteiger partial charge is 0.243 e. The second-order valence-electron chi connectivity index (χ2n) is 9.81. The van der Waals surface area contributed by atoms with Gasteiger partial charge in [-0.1, -0.05) is 24.9 Å². The van der Waals surface area contributed by atoms with Gasteiger partial charge in [-0.2, -0.15) is 14.3 Å². The summed E-state index contributed by atoms with van der Waals surface area (Å²) < 4.78 is 39.6. The first-order valence-corrected chi connectivity index (χ1v) is 15.3. The Hall–Kier alpha value is -2.64. The maximum absolute atomic E-state index is 13.5. The SMILES string of the molecule is CCCCNc1nc(Nc2ccc(S(=O)(=O)N3CCC(N4CCOCC4)CC3)cc2OC)nc2[nH]cc(Cl)c12. The number of hydrogen-bond acceptors (Lipinski definition) is 9. The zero-order valence-electron chi connectivity index (χ0n) is 22.4. The number of sulfonamides is 1. The van der Waals surface area contributed by atoms with Crippen LogP contribution in [0.1, 0.15) is 32.6 Å². The van der Waals surface area contributed by atoms with E-state index in [0.717, 1.165) is 63.9 Å². The van der Waals surface area contributed by atoms with Crippen molar-refractivity contribution in [2.75, 3.05) is 63.7 Å². The fourth-order valence-corrected chi connectivity index (χ4v) is 6.88. The number of nitrogens with one attached hydrogen (secondary N) is 3. The molecule has 3 N–H and O–H groups in total. The molecule has 0 spiro atoms.